The first-order chi connectivity index (χ1) is 14.0. The molecule has 2 rings (SSSR count). The van der Waals surface area contributed by atoms with Crippen molar-refractivity contribution in [3.8, 4) is 5.75 Å². The summed E-state index contributed by atoms with van der Waals surface area (Å²) >= 11 is 0. The predicted molar refractivity (Wildman–Crippen MR) is 110 cm³/mol. The van der Waals surface area contributed by atoms with Crippen LogP contribution in [-0.4, -0.2) is 83.9 Å². The van der Waals surface area contributed by atoms with E-state index in [0.717, 1.165) is 31.5 Å². The zero-order valence-electron chi connectivity index (χ0n) is 17.4. The Labute approximate surface area is 172 Å². The Morgan fingerprint density at radius 3 is 2.41 bits per heavy atom. The van der Waals surface area contributed by atoms with Gasteiger partial charge in [-0.3, -0.25) is 14.5 Å². The highest BCUT2D eigenvalue weighted by molar-refractivity contribution is 5.98. The van der Waals surface area contributed by atoms with Crippen LogP contribution in [0.4, 0.5) is 0 Å². The average Bonchev–Trinajstić information content (AvgIpc) is 2.71. The van der Waals surface area contributed by atoms with Crippen LogP contribution in [-0.2, 0) is 16.1 Å². The van der Waals surface area contributed by atoms with Crippen LogP contribution in [0.3, 0.4) is 0 Å². The Hall–Kier alpha value is -2.16. The first kappa shape index (κ1) is 23.1. The van der Waals surface area contributed by atoms with Gasteiger partial charge in [0.1, 0.15) is 11.8 Å². The number of morpholine rings is 1. The molecule has 0 aliphatic carbocycles. The summed E-state index contributed by atoms with van der Waals surface area (Å²) in [5, 5.41) is 22.3. The lowest BCUT2D eigenvalue weighted by Gasteiger charge is -2.27. The summed E-state index contributed by atoms with van der Waals surface area (Å²) in [5.41, 5.74) is 1.07. The molecule has 2 amide bonds. The Bertz CT molecular complexity index is 670. The second-order valence-corrected chi connectivity index (χ2v) is 7.31. The zero-order chi connectivity index (χ0) is 21.2. The number of phenols is 1. The van der Waals surface area contributed by atoms with Crippen molar-refractivity contribution in [2.45, 2.75) is 39.3 Å². The number of aliphatic hydroxyl groups excluding tert-OH is 1. The number of amides is 2. The second-order valence-electron chi connectivity index (χ2n) is 7.31. The fourth-order valence-electron chi connectivity index (χ4n) is 3.43. The summed E-state index contributed by atoms with van der Waals surface area (Å²) < 4.78 is 5.34. The highest BCUT2D eigenvalue weighted by Gasteiger charge is 2.25. The lowest BCUT2D eigenvalue weighted by atomic mass is 10.1. The van der Waals surface area contributed by atoms with Crippen molar-refractivity contribution in [3.05, 3.63) is 29.3 Å². The number of aliphatic hydroxyl groups is 1. The SMILES string of the molecule is CCCN(CCC)C(=O)[C@H](CO)NC(=O)c1cc(O)cc(CN2CCOCC2)c1. The number of ether oxygens (including phenoxy) is 1. The van der Waals surface area contributed by atoms with E-state index in [1.165, 1.54) is 6.07 Å². The minimum Gasteiger partial charge on any atom is -0.508 e. The summed E-state index contributed by atoms with van der Waals surface area (Å²) in [6, 6.07) is 3.70. The van der Waals surface area contributed by atoms with Crippen LogP contribution in [0, 0.1) is 0 Å². The van der Waals surface area contributed by atoms with Crippen molar-refractivity contribution in [2.24, 2.45) is 0 Å². The van der Waals surface area contributed by atoms with Crippen LogP contribution in [0.25, 0.3) is 0 Å². The predicted octanol–water partition coefficient (Wildman–Crippen LogP) is 0.964. The smallest absolute Gasteiger partial charge is 0.252 e. The molecule has 1 aliphatic heterocycles. The minimum atomic E-state index is -1.01. The molecule has 29 heavy (non-hydrogen) atoms. The van der Waals surface area contributed by atoms with Crippen LogP contribution in [0.5, 0.6) is 5.75 Å². The normalized spacial score (nSPS) is 15.7. The van der Waals surface area contributed by atoms with E-state index < -0.39 is 18.6 Å². The number of rotatable bonds is 10. The molecule has 0 saturated carbocycles. The molecule has 0 bridgehead atoms. The third-order valence-corrected chi connectivity index (χ3v) is 4.83. The number of aromatic hydroxyl groups is 1. The van der Waals surface area contributed by atoms with E-state index in [-0.39, 0.29) is 17.2 Å². The van der Waals surface area contributed by atoms with E-state index in [9.17, 15) is 19.8 Å². The lowest BCUT2D eigenvalue weighted by Crippen LogP contribution is -2.51. The zero-order valence-corrected chi connectivity index (χ0v) is 17.4. The summed E-state index contributed by atoms with van der Waals surface area (Å²) in [4.78, 5) is 29.3. The molecule has 1 fully saturated rings. The molecule has 162 valence electrons. The molecule has 0 unspecified atom stereocenters. The monoisotopic (exact) mass is 407 g/mol. The van der Waals surface area contributed by atoms with Gasteiger partial charge in [-0.05, 0) is 36.6 Å². The molecule has 8 heteroatoms. The van der Waals surface area contributed by atoms with Gasteiger partial charge >= 0.3 is 0 Å². The van der Waals surface area contributed by atoms with E-state index in [1.54, 1.807) is 17.0 Å². The molecule has 8 nitrogen and oxygen atoms in total. The minimum absolute atomic E-state index is 0.00798. The van der Waals surface area contributed by atoms with Gasteiger partial charge in [0.15, 0.2) is 0 Å². The average molecular weight is 408 g/mol. The third kappa shape index (κ3) is 6.99. The summed E-state index contributed by atoms with van der Waals surface area (Å²) in [6.07, 6.45) is 1.60. The molecular weight excluding hydrogens is 374 g/mol. The first-order valence-electron chi connectivity index (χ1n) is 10.3. The summed E-state index contributed by atoms with van der Waals surface area (Å²) in [7, 11) is 0. The van der Waals surface area contributed by atoms with E-state index in [0.29, 0.717) is 32.8 Å². The lowest BCUT2D eigenvalue weighted by molar-refractivity contribution is -0.134. The van der Waals surface area contributed by atoms with Crippen LogP contribution >= 0.6 is 0 Å². The molecule has 0 spiro atoms. The number of hydrogen-bond donors (Lipinski definition) is 3. The van der Waals surface area contributed by atoms with Gasteiger partial charge in [0.2, 0.25) is 5.91 Å². The maximum absolute atomic E-state index is 12.7. The van der Waals surface area contributed by atoms with Gasteiger partial charge in [-0.1, -0.05) is 13.8 Å². The van der Waals surface area contributed by atoms with Gasteiger partial charge in [0, 0.05) is 38.3 Å². The summed E-state index contributed by atoms with van der Waals surface area (Å²) in [5.74, 6) is -0.797. The Balaban J connectivity index is 2.08. The highest BCUT2D eigenvalue weighted by Crippen LogP contribution is 2.18. The van der Waals surface area contributed by atoms with Crippen molar-refractivity contribution in [1.82, 2.24) is 15.1 Å². The van der Waals surface area contributed by atoms with Gasteiger partial charge in [-0.25, -0.2) is 0 Å². The molecule has 1 heterocycles. The maximum Gasteiger partial charge on any atom is 0.252 e. The van der Waals surface area contributed by atoms with Crippen molar-refractivity contribution in [2.75, 3.05) is 46.0 Å². The first-order valence-corrected chi connectivity index (χ1v) is 10.3. The van der Waals surface area contributed by atoms with Crippen molar-refractivity contribution in [1.29, 1.82) is 0 Å². The molecule has 1 atom stereocenters. The van der Waals surface area contributed by atoms with Gasteiger partial charge in [-0.2, -0.15) is 0 Å². The highest BCUT2D eigenvalue weighted by atomic mass is 16.5. The Morgan fingerprint density at radius 1 is 1.17 bits per heavy atom. The third-order valence-electron chi connectivity index (χ3n) is 4.83. The number of carbonyl (C=O) groups is 2. The molecule has 1 aromatic rings. The fraction of sp³-hybridized carbons (Fsp3) is 0.619. The molecule has 1 saturated heterocycles. The van der Waals surface area contributed by atoms with Crippen molar-refractivity contribution in [3.63, 3.8) is 0 Å². The standard InChI is InChI=1S/C21H33N3O5/c1-3-5-24(6-4-2)21(28)19(15-25)22-20(27)17-11-16(12-18(26)13-17)14-23-7-9-29-10-8-23/h11-13,19,25-26H,3-10,14-15H2,1-2H3,(H,22,27)/t19-/m0/s1. The van der Waals surface area contributed by atoms with Gasteiger partial charge < -0.3 is 25.2 Å². The van der Waals surface area contributed by atoms with E-state index in [2.05, 4.69) is 10.2 Å². The Kier molecular flexibility index (Phi) is 9.37. The van der Waals surface area contributed by atoms with Crippen LogP contribution in [0.2, 0.25) is 0 Å². The number of nitrogens with zero attached hydrogens (tertiary/aromatic N) is 2. The largest absolute Gasteiger partial charge is 0.508 e. The molecule has 0 aromatic heterocycles. The molecule has 1 aromatic carbocycles. The number of hydrogen-bond acceptors (Lipinski definition) is 6. The quantitative estimate of drug-likeness (QED) is 0.534. The van der Waals surface area contributed by atoms with Crippen LogP contribution in [0.15, 0.2) is 18.2 Å². The van der Waals surface area contributed by atoms with Crippen LogP contribution < -0.4 is 5.32 Å². The molecule has 0 radical (unpaired) electrons. The maximum atomic E-state index is 12.7. The van der Waals surface area contributed by atoms with Crippen LogP contribution in [0.1, 0.15) is 42.6 Å². The second kappa shape index (κ2) is 11.7. The van der Waals surface area contributed by atoms with E-state index in [1.807, 2.05) is 13.8 Å². The van der Waals surface area contributed by atoms with Gasteiger partial charge in [0.25, 0.3) is 5.91 Å². The Morgan fingerprint density at radius 2 is 1.83 bits per heavy atom. The number of phenolic OH excluding ortho intramolecular Hbond substituents is 1. The fourth-order valence-corrected chi connectivity index (χ4v) is 3.43. The van der Waals surface area contributed by atoms with E-state index in [4.69, 9.17) is 4.74 Å². The number of benzene rings is 1. The topological polar surface area (TPSA) is 102 Å². The number of nitrogens with one attached hydrogen (secondary N) is 1. The van der Waals surface area contributed by atoms with Gasteiger partial charge in [0.05, 0.1) is 19.8 Å². The van der Waals surface area contributed by atoms with E-state index >= 15 is 0 Å². The molecule has 1 aliphatic rings. The molecular formula is C21H33N3O5. The summed E-state index contributed by atoms with van der Waals surface area (Å²) in [6.45, 7) is 8.15. The number of carbonyl (C=O) groups excluding carboxylic acids is 2. The molecule has 3 N–H and O–H groups in total. The van der Waals surface area contributed by atoms with Gasteiger partial charge in [-0.15, -0.1) is 0 Å². The van der Waals surface area contributed by atoms with Crippen molar-refractivity contribution < 1.29 is 24.5 Å². The van der Waals surface area contributed by atoms with Crippen molar-refractivity contribution >= 4 is 11.8 Å².